The van der Waals surface area contributed by atoms with Crippen molar-refractivity contribution in [3.05, 3.63) is 29.3 Å². The zero-order chi connectivity index (χ0) is 15.4. The van der Waals surface area contributed by atoms with Crippen molar-refractivity contribution in [2.75, 3.05) is 24.6 Å². The number of amides is 2. The Labute approximate surface area is 128 Å². The number of aliphatic hydroxyl groups is 1. The Kier molecular flexibility index (Phi) is 5.20. The van der Waals surface area contributed by atoms with Crippen LogP contribution in [0.3, 0.4) is 0 Å². The molecule has 1 aliphatic heterocycles. The summed E-state index contributed by atoms with van der Waals surface area (Å²) in [5, 5.41) is 12.3. The Balaban J connectivity index is 1.98. The molecule has 0 saturated carbocycles. The number of carbonyl (C=O) groups is 2. The Morgan fingerprint density at radius 2 is 2.14 bits per heavy atom. The molecule has 0 bridgehead atoms. The summed E-state index contributed by atoms with van der Waals surface area (Å²) in [5.41, 5.74) is 0.753. The van der Waals surface area contributed by atoms with Gasteiger partial charge in [-0.15, -0.1) is 0 Å². The smallest absolute Gasteiger partial charge is 0.239 e. The van der Waals surface area contributed by atoms with Crippen LogP contribution in [0.2, 0.25) is 5.02 Å². The lowest BCUT2D eigenvalue weighted by atomic mass is 10.1. The van der Waals surface area contributed by atoms with Crippen molar-refractivity contribution in [2.24, 2.45) is 11.8 Å². The van der Waals surface area contributed by atoms with Crippen LogP contribution in [-0.2, 0) is 9.59 Å². The van der Waals surface area contributed by atoms with Crippen LogP contribution in [0.15, 0.2) is 24.3 Å². The van der Waals surface area contributed by atoms with Gasteiger partial charge in [-0.1, -0.05) is 18.5 Å². The van der Waals surface area contributed by atoms with Crippen LogP contribution in [0, 0.1) is 11.8 Å². The van der Waals surface area contributed by atoms with E-state index >= 15 is 0 Å². The van der Waals surface area contributed by atoms with Crippen molar-refractivity contribution in [1.29, 1.82) is 0 Å². The molecular weight excluding hydrogens is 292 g/mol. The molecule has 0 radical (unpaired) electrons. The molecule has 114 valence electrons. The van der Waals surface area contributed by atoms with Gasteiger partial charge in [0.15, 0.2) is 0 Å². The van der Waals surface area contributed by atoms with E-state index in [0.29, 0.717) is 24.5 Å². The van der Waals surface area contributed by atoms with Gasteiger partial charge in [-0.05, 0) is 36.6 Å². The van der Waals surface area contributed by atoms with Gasteiger partial charge < -0.3 is 15.3 Å². The molecule has 1 aliphatic rings. The van der Waals surface area contributed by atoms with Gasteiger partial charge in [-0.25, -0.2) is 0 Å². The van der Waals surface area contributed by atoms with Gasteiger partial charge >= 0.3 is 0 Å². The summed E-state index contributed by atoms with van der Waals surface area (Å²) in [6.07, 6.45) is 0.501. The highest BCUT2D eigenvalue weighted by atomic mass is 35.5. The van der Waals surface area contributed by atoms with Gasteiger partial charge in [-0.3, -0.25) is 9.59 Å². The number of rotatable bonds is 5. The lowest BCUT2D eigenvalue weighted by molar-refractivity contribution is -0.132. The molecule has 1 aromatic carbocycles. The van der Waals surface area contributed by atoms with Crippen LogP contribution in [0.5, 0.6) is 0 Å². The molecule has 1 aromatic rings. The molecule has 1 heterocycles. The van der Waals surface area contributed by atoms with Gasteiger partial charge in [0.1, 0.15) is 5.92 Å². The van der Waals surface area contributed by atoms with Crippen molar-refractivity contribution < 1.29 is 14.7 Å². The summed E-state index contributed by atoms with van der Waals surface area (Å²) in [6.45, 7) is 2.74. The van der Waals surface area contributed by atoms with E-state index < -0.39 is 5.92 Å². The third kappa shape index (κ3) is 3.74. The Bertz CT molecular complexity index is 518. The van der Waals surface area contributed by atoms with E-state index in [1.54, 1.807) is 29.2 Å². The van der Waals surface area contributed by atoms with Gasteiger partial charge in [0, 0.05) is 30.4 Å². The van der Waals surface area contributed by atoms with Crippen LogP contribution in [0.4, 0.5) is 5.69 Å². The molecule has 0 spiro atoms. The first kappa shape index (κ1) is 15.8. The standard InChI is InChI=1S/C15H19ClN2O3/c1-10(9-19)8-17-14(20)13-6-7-18(15(13)21)12-4-2-11(16)3-5-12/h2-5,10,13,19H,6-9H2,1H3,(H,17,20). The molecule has 1 saturated heterocycles. The van der Waals surface area contributed by atoms with Crippen LogP contribution in [0.1, 0.15) is 13.3 Å². The average Bonchev–Trinajstić information content (AvgIpc) is 2.87. The topological polar surface area (TPSA) is 69.6 Å². The second-order valence-corrected chi connectivity index (χ2v) is 5.78. The summed E-state index contributed by atoms with van der Waals surface area (Å²) < 4.78 is 0. The summed E-state index contributed by atoms with van der Waals surface area (Å²) in [6, 6.07) is 6.99. The van der Waals surface area contributed by atoms with E-state index in [4.69, 9.17) is 16.7 Å². The Morgan fingerprint density at radius 3 is 2.76 bits per heavy atom. The Morgan fingerprint density at radius 1 is 1.48 bits per heavy atom. The second-order valence-electron chi connectivity index (χ2n) is 5.34. The van der Waals surface area contributed by atoms with Crippen LogP contribution < -0.4 is 10.2 Å². The normalized spacial score (nSPS) is 19.7. The quantitative estimate of drug-likeness (QED) is 0.809. The lowest BCUT2D eigenvalue weighted by Gasteiger charge is -2.17. The summed E-state index contributed by atoms with van der Waals surface area (Å²) in [7, 11) is 0. The first-order chi connectivity index (χ1) is 10.0. The lowest BCUT2D eigenvalue weighted by Crippen LogP contribution is -2.38. The Hall–Kier alpha value is -1.59. The molecular formula is C15H19ClN2O3. The van der Waals surface area contributed by atoms with E-state index in [1.165, 1.54) is 0 Å². The fraction of sp³-hybridized carbons (Fsp3) is 0.467. The highest BCUT2D eigenvalue weighted by Crippen LogP contribution is 2.26. The third-order valence-electron chi connectivity index (χ3n) is 3.60. The molecule has 5 nitrogen and oxygen atoms in total. The number of hydrogen-bond acceptors (Lipinski definition) is 3. The molecule has 2 atom stereocenters. The fourth-order valence-corrected chi connectivity index (χ4v) is 2.39. The first-order valence-electron chi connectivity index (χ1n) is 6.98. The molecule has 2 rings (SSSR count). The minimum absolute atomic E-state index is 0.00972. The van der Waals surface area contributed by atoms with Crippen LogP contribution >= 0.6 is 11.6 Å². The van der Waals surface area contributed by atoms with E-state index in [1.807, 2.05) is 6.92 Å². The molecule has 2 N–H and O–H groups in total. The van der Waals surface area contributed by atoms with E-state index in [0.717, 1.165) is 5.69 Å². The molecule has 0 aromatic heterocycles. The SMILES string of the molecule is CC(CO)CNC(=O)C1CCN(c2ccc(Cl)cc2)C1=O. The summed E-state index contributed by atoms with van der Waals surface area (Å²) >= 11 is 5.83. The van der Waals surface area contributed by atoms with E-state index in [2.05, 4.69) is 5.32 Å². The van der Waals surface area contributed by atoms with Gasteiger partial charge in [0.2, 0.25) is 11.8 Å². The molecule has 2 amide bonds. The first-order valence-corrected chi connectivity index (χ1v) is 7.36. The average molecular weight is 311 g/mol. The predicted octanol–water partition coefficient (Wildman–Crippen LogP) is 1.44. The molecule has 2 unspecified atom stereocenters. The monoisotopic (exact) mass is 310 g/mol. The highest BCUT2D eigenvalue weighted by molar-refractivity contribution is 6.30. The highest BCUT2D eigenvalue weighted by Gasteiger charge is 2.37. The largest absolute Gasteiger partial charge is 0.396 e. The number of aliphatic hydroxyl groups excluding tert-OH is 1. The number of halogens is 1. The van der Waals surface area contributed by atoms with Gasteiger partial charge in [-0.2, -0.15) is 0 Å². The predicted molar refractivity (Wildman–Crippen MR) is 81.2 cm³/mol. The summed E-state index contributed by atoms with van der Waals surface area (Å²) in [5.74, 6) is -1.12. The van der Waals surface area contributed by atoms with Crippen molar-refractivity contribution >= 4 is 29.1 Å². The van der Waals surface area contributed by atoms with Crippen LogP contribution in [-0.4, -0.2) is 36.6 Å². The zero-order valence-corrected chi connectivity index (χ0v) is 12.6. The fourth-order valence-electron chi connectivity index (χ4n) is 2.26. The minimum Gasteiger partial charge on any atom is -0.396 e. The zero-order valence-electron chi connectivity index (χ0n) is 11.9. The maximum absolute atomic E-state index is 12.3. The molecule has 0 aliphatic carbocycles. The van der Waals surface area contributed by atoms with Gasteiger partial charge in [0.05, 0.1) is 0 Å². The summed E-state index contributed by atoms with van der Waals surface area (Å²) in [4.78, 5) is 26.0. The molecule has 6 heteroatoms. The third-order valence-corrected chi connectivity index (χ3v) is 3.85. The number of benzene rings is 1. The maximum Gasteiger partial charge on any atom is 0.239 e. The maximum atomic E-state index is 12.3. The molecule has 1 fully saturated rings. The van der Waals surface area contributed by atoms with Crippen molar-refractivity contribution in [1.82, 2.24) is 5.32 Å². The number of carbonyl (C=O) groups excluding carboxylic acids is 2. The molecule has 21 heavy (non-hydrogen) atoms. The van der Waals surface area contributed by atoms with E-state index in [-0.39, 0.29) is 24.3 Å². The minimum atomic E-state index is -0.647. The number of hydrogen-bond donors (Lipinski definition) is 2. The number of anilines is 1. The van der Waals surface area contributed by atoms with Crippen LogP contribution in [0.25, 0.3) is 0 Å². The second kappa shape index (κ2) is 6.91. The number of nitrogens with zero attached hydrogens (tertiary/aromatic N) is 1. The van der Waals surface area contributed by atoms with Crippen molar-refractivity contribution in [3.63, 3.8) is 0 Å². The van der Waals surface area contributed by atoms with Gasteiger partial charge in [0.25, 0.3) is 0 Å². The van der Waals surface area contributed by atoms with Crippen molar-refractivity contribution in [2.45, 2.75) is 13.3 Å². The van der Waals surface area contributed by atoms with E-state index in [9.17, 15) is 9.59 Å². The number of nitrogens with one attached hydrogen (secondary N) is 1. The van der Waals surface area contributed by atoms with Crippen molar-refractivity contribution in [3.8, 4) is 0 Å².